The molecule has 1 amide bonds. The Kier molecular flexibility index (Phi) is 4.97. The van der Waals surface area contributed by atoms with E-state index in [2.05, 4.69) is 10.3 Å². The van der Waals surface area contributed by atoms with Crippen LogP contribution in [0.1, 0.15) is 36.9 Å². The molecule has 0 aliphatic carbocycles. The molecule has 29 heavy (non-hydrogen) atoms. The van der Waals surface area contributed by atoms with Crippen molar-refractivity contribution in [1.82, 2.24) is 9.38 Å². The molecule has 3 heterocycles. The summed E-state index contributed by atoms with van der Waals surface area (Å²) in [5.41, 5.74) is 4.48. The second kappa shape index (κ2) is 7.46. The number of rotatable bonds is 4. The van der Waals surface area contributed by atoms with E-state index in [0.29, 0.717) is 16.3 Å². The van der Waals surface area contributed by atoms with Gasteiger partial charge in [0.2, 0.25) is 0 Å². The fourth-order valence-electron chi connectivity index (χ4n) is 3.17. The molecule has 0 atom stereocenters. The van der Waals surface area contributed by atoms with Gasteiger partial charge in [0.15, 0.2) is 4.96 Å². The molecule has 148 valence electrons. The highest BCUT2D eigenvalue weighted by molar-refractivity contribution is 7.17. The third-order valence-electron chi connectivity index (χ3n) is 4.60. The van der Waals surface area contributed by atoms with Gasteiger partial charge in [0.25, 0.3) is 5.91 Å². The Morgan fingerprint density at radius 3 is 2.66 bits per heavy atom. The third kappa shape index (κ3) is 3.56. The van der Waals surface area contributed by atoms with Crippen LogP contribution < -0.4 is 5.32 Å². The Hall–Kier alpha value is -2.97. The topological polar surface area (TPSA) is 72.7 Å². The molecule has 1 N–H and O–H groups in total. The second-order valence-electron chi connectivity index (χ2n) is 6.78. The Labute approximate surface area is 175 Å². The molecule has 4 rings (SSSR count). The van der Waals surface area contributed by atoms with E-state index < -0.39 is 5.97 Å². The average molecular weight is 426 g/mol. The monoisotopic (exact) mass is 425 g/mol. The van der Waals surface area contributed by atoms with Gasteiger partial charge in [-0.25, -0.2) is 9.78 Å². The lowest BCUT2D eigenvalue weighted by atomic mass is 9.97. The number of esters is 1. The summed E-state index contributed by atoms with van der Waals surface area (Å²) in [7, 11) is 1.34. The number of nitrogens with zero attached hydrogens (tertiary/aromatic N) is 2. The highest BCUT2D eigenvalue weighted by Gasteiger charge is 2.24. The van der Waals surface area contributed by atoms with Crippen molar-refractivity contribution in [2.45, 2.75) is 20.8 Å². The minimum atomic E-state index is -0.487. The zero-order valence-corrected chi connectivity index (χ0v) is 18.0. The van der Waals surface area contributed by atoms with Gasteiger partial charge in [0.05, 0.1) is 7.11 Å². The largest absolute Gasteiger partial charge is 0.465 e. The molecule has 0 saturated heterocycles. The van der Waals surface area contributed by atoms with Crippen molar-refractivity contribution < 1.29 is 14.3 Å². The molecule has 0 radical (unpaired) electrons. The summed E-state index contributed by atoms with van der Waals surface area (Å²) in [6.07, 6.45) is 3.61. The summed E-state index contributed by atoms with van der Waals surface area (Å²) in [6.45, 7) is 5.98. The molecule has 0 saturated carbocycles. The number of carbonyl (C=O) groups is 2. The maximum Gasteiger partial charge on any atom is 0.341 e. The number of thiophene rings is 1. The zero-order chi connectivity index (χ0) is 20.7. The number of anilines is 1. The maximum atomic E-state index is 12.8. The van der Waals surface area contributed by atoms with Crippen molar-refractivity contribution in [2.75, 3.05) is 12.4 Å². The van der Waals surface area contributed by atoms with Crippen LogP contribution in [0, 0.1) is 20.8 Å². The highest BCUT2D eigenvalue weighted by Crippen LogP contribution is 2.38. The van der Waals surface area contributed by atoms with Gasteiger partial charge in [0.1, 0.15) is 16.3 Å². The first-order chi connectivity index (χ1) is 13.9. The van der Waals surface area contributed by atoms with Crippen molar-refractivity contribution in [3.05, 3.63) is 63.2 Å². The minimum Gasteiger partial charge on any atom is -0.465 e. The van der Waals surface area contributed by atoms with Crippen LogP contribution in [0.5, 0.6) is 0 Å². The van der Waals surface area contributed by atoms with Crippen LogP contribution in [0.15, 0.2) is 36.0 Å². The predicted molar refractivity (Wildman–Crippen MR) is 116 cm³/mol. The number of aromatic nitrogens is 2. The lowest BCUT2D eigenvalue weighted by Gasteiger charge is -2.10. The number of hydrogen-bond donors (Lipinski definition) is 1. The quantitative estimate of drug-likeness (QED) is 0.462. The normalized spacial score (nSPS) is 11.0. The smallest absolute Gasteiger partial charge is 0.341 e. The Morgan fingerprint density at radius 2 is 1.93 bits per heavy atom. The number of hydrogen-bond acceptors (Lipinski definition) is 6. The van der Waals surface area contributed by atoms with Crippen molar-refractivity contribution in [2.24, 2.45) is 0 Å². The molecule has 0 aliphatic heterocycles. The van der Waals surface area contributed by atoms with E-state index in [1.54, 1.807) is 6.20 Å². The number of amides is 1. The van der Waals surface area contributed by atoms with E-state index >= 15 is 0 Å². The van der Waals surface area contributed by atoms with Gasteiger partial charge >= 0.3 is 5.97 Å². The minimum absolute atomic E-state index is 0.300. The van der Waals surface area contributed by atoms with Gasteiger partial charge in [0, 0.05) is 28.2 Å². The molecule has 8 heteroatoms. The first kappa shape index (κ1) is 19.4. The molecule has 0 fully saturated rings. The number of fused-ring (bicyclic) bond motifs is 1. The van der Waals surface area contributed by atoms with Crippen molar-refractivity contribution in [3.8, 4) is 11.1 Å². The molecule has 4 aromatic rings. The highest BCUT2D eigenvalue weighted by atomic mass is 32.1. The number of methoxy groups -OCH3 is 1. The van der Waals surface area contributed by atoms with Crippen molar-refractivity contribution in [1.29, 1.82) is 0 Å². The van der Waals surface area contributed by atoms with Gasteiger partial charge in [-0.05, 0) is 31.9 Å². The van der Waals surface area contributed by atoms with Crippen LogP contribution in [0.25, 0.3) is 16.1 Å². The summed E-state index contributed by atoms with van der Waals surface area (Å²) < 4.78 is 6.83. The average Bonchev–Trinajstić information content (AvgIpc) is 3.35. The molecule has 3 aromatic heterocycles. The Morgan fingerprint density at radius 1 is 1.14 bits per heavy atom. The standard InChI is InChI=1S/C21H19N3O3S2/c1-11-5-6-12(2)14(7-11)15-10-28-19(17(15)20(26)27-4)23-18(25)16-9-24-8-13(3)29-21(24)22-16/h5-10H,1-4H3,(H,23,25). The molecular weight excluding hydrogens is 406 g/mol. The van der Waals surface area contributed by atoms with E-state index in [9.17, 15) is 9.59 Å². The van der Waals surface area contributed by atoms with Gasteiger partial charge in [-0.2, -0.15) is 0 Å². The summed E-state index contributed by atoms with van der Waals surface area (Å²) in [5.74, 6) is -0.850. The van der Waals surface area contributed by atoms with Crippen LogP contribution in [0.3, 0.4) is 0 Å². The summed E-state index contributed by atoms with van der Waals surface area (Å²) in [5, 5.41) is 5.16. The van der Waals surface area contributed by atoms with Gasteiger partial charge in [-0.1, -0.05) is 23.8 Å². The Balaban J connectivity index is 1.72. The number of nitrogens with one attached hydrogen (secondary N) is 1. The Bertz CT molecular complexity index is 1220. The van der Waals surface area contributed by atoms with Crippen LogP contribution >= 0.6 is 22.7 Å². The molecule has 0 unspecified atom stereocenters. The molecular formula is C21H19N3O3S2. The summed E-state index contributed by atoms with van der Waals surface area (Å²) in [4.78, 5) is 31.6. The maximum absolute atomic E-state index is 12.8. The van der Waals surface area contributed by atoms with E-state index in [4.69, 9.17) is 4.74 Å². The van der Waals surface area contributed by atoms with Crippen molar-refractivity contribution >= 4 is 44.5 Å². The fraction of sp³-hybridized carbons (Fsp3) is 0.190. The lowest BCUT2D eigenvalue weighted by molar-refractivity contribution is 0.0603. The number of benzene rings is 1. The van der Waals surface area contributed by atoms with E-state index in [-0.39, 0.29) is 5.91 Å². The van der Waals surface area contributed by atoms with Gasteiger partial charge in [-0.3, -0.25) is 9.20 Å². The third-order valence-corrected chi connectivity index (χ3v) is 6.40. The lowest BCUT2D eigenvalue weighted by Crippen LogP contribution is -2.14. The molecule has 0 spiro atoms. The van der Waals surface area contributed by atoms with Crippen LogP contribution in [-0.4, -0.2) is 28.4 Å². The summed E-state index contributed by atoms with van der Waals surface area (Å²) >= 11 is 2.81. The zero-order valence-electron chi connectivity index (χ0n) is 16.4. The van der Waals surface area contributed by atoms with Crippen LogP contribution in [0.2, 0.25) is 0 Å². The predicted octanol–water partition coefficient (Wildman–Crippen LogP) is 5.09. The van der Waals surface area contributed by atoms with Crippen LogP contribution in [-0.2, 0) is 4.74 Å². The summed E-state index contributed by atoms with van der Waals surface area (Å²) in [6, 6.07) is 6.07. The van der Waals surface area contributed by atoms with Gasteiger partial charge < -0.3 is 10.1 Å². The van der Waals surface area contributed by atoms with Gasteiger partial charge in [-0.15, -0.1) is 22.7 Å². The second-order valence-corrected chi connectivity index (χ2v) is 8.87. The first-order valence-electron chi connectivity index (χ1n) is 8.91. The number of ether oxygens (including phenoxy) is 1. The number of carbonyl (C=O) groups excluding carboxylic acids is 2. The molecule has 1 aromatic carbocycles. The van der Waals surface area contributed by atoms with E-state index in [1.165, 1.54) is 29.8 Å². The number of thiazole rings is 1. The first-order valence-corrected chi connectivity index (χ1v) is 10.6. The molecule has 0 aliphatic rings. The van der Waals surface area contributed by atoms with E-state index in [1.807, 2.05) is 54.9 Å². The number of imidazole rings is 1. The number of aryl methyl sites for hydroxylation is 3. The fourth-order valence-corrected chi connectivity index (χ4v) is 4.92. The SMILES string of the molecule is COC(=O)c1c(-c2cc(C)ccc2C)csc1NC(=O)c1cn2cc(C)sc2n1. The molecule has 0 bridgehead atoms. The van der Waals surface area contributed by atoms with Crippen molar-refractivity contribution in [3.63, 3.8) is 0 Å². The van der Waals surface area contributed by atoms with E-state index in [0.717, 1.165) is 32.1 Å². The molecule has 6 nitrogen and oxygen atoms in total. The van der Waals surface area contributed by atoms with Crippen LogP contribution in [0.4, 0.5) is 5.00 Å².